The minimum absolute atomic E-state index is 0.270. The van der Waals surface area contributed by atoms with Crippen molar-refractivity contribution in [1.82, 2.24) is 5.32 Å². The number of hydrogen-bond donors (Lipinski definition) is 1. The molecule has 1 fully saturated rings. The smallest absolute Gasteiger partial charge is 0.0551 e. The molecule has 2 heterocycles. The Bertz CT molecular complexity index is 475. The summed E-state index contributed by atoms with van der Waals surface area (Å²) in [7, 11) is 2.06. The lowest BCUT2D eigenvalue weighted by molar-refractivity contribution is -0.00247. The first kappa shape index (κ1) is 14.9. The van der Waals surface area contributed by atoms with E-state index in [1.54, 1.807) is 0 Å². The highest BCUT2D eigenvalue weighted by atomic mass is 16.5. The van der Waals surface area contributed by atoms with Gasteiger partial charge in [-0.2, -0.15) is 0 Å². The van der Waals surface area contributed by atoms with Crippen LogP contribution >= 0.6 is 0 Å². The highest BCUT2D eigenvalue weighted by Crippen LogP contribution is 2.34. The van der Waals surface area contributed by atoms with Gasteiger partial charge in [0.1, 0.15) is 0 Å². The van der Waals surface area contributed by atoms with E-state index in [4.69, 9.17) is 4.74 Å². The lowest BCUT2D eigenvalue weighted by Gasteiger charge is -2.43. The zero-order chi connectivity index (χ0) is 14.7. The molecule has 0 saturated carbocycles. The fraction of sp³-hybridized carbons (Fsp3) is 0.667. The third-order valence-electron chi connectivity index (χ3n) is 4.93. The van der Waals surface area contributed by atoms with Gasteiger partial charge in [0.15, 0.2) is 0 Å². The number of fused-ring (bicyclic) bond motifs is 1. The van der Waals surface area contributed by atoms with Crippen LogP contribution in [0.1, 0.15) is 30.4 Å². The highest BCUT2D eigenvalue weighted by Gasteiger charge is 2.35. The molecule has 0 radical (unpaired) electrons. The summed E-state index contributed by atoms with van der Waals surface area (Å²) in [6.07, 6.45) is 4.96. The van der Waals surface area contributed by atoms with Gasteiger partial charge in [-0.15, -0.1) is 0 Å². The number of ether oxygens (including phenoxy) is 1. The first-order valence-electron chi connectivity index (χ1n) is 8.29. The Morgan fingerprint density at radius 3 is 3.00 bits per heavy atom. The lowest BCUT2D eigenvalue weighted by atomic mass is 9.81. The van der Waals surface area contributed by atoms with Gasteiger partial charge in [0.05, 0.1) is 6.61 Å². The van der Waals surface area contributed by atoms with Crippen LogP contribution in [0.15, 0.2) is 18.2 Å². The number of aryl methyl sites for hydroxylation is 2. The molecule has 1 saturated heterocycles. The fourth-order valence-corrected chi connectivity index (χ4v) is 3.98. The van der Waals surface area contributed by atoms with E-state index in [1.807, 2.05) is 0 Å². The average molecular weight is 288 g/mol. The normalized spacial score (nSPS) is 25.7. The summed E-state index contributed by atoms with van der Waals surface area (Å²) < 4.78 is 5.82. The van der Waals surface area contributed by atoms with Crippen molar-refractivity contribution in [2.75, 3.05) is 44.8 Å². The minimum atomic E-state index is 0.270. The molecule has 1 unspecified atom stereocenters. The van der Waals surface area contributed by atoms with Gasteiger partial charge < -0.3 is 15.0 Å². The number of nitrogens with one attached hydrogen (secondary N) is 1. The molecular formula is C18H28N2O. The van der Waals surface area contributed by atoms with Gasteiger partial charge in [0, 0.05) is 37.3 Å². The molecule has 2 aliphatic heterocycles. The summed E-state index contributed by atoms with van der Waals surface area (Å²) in [6.45, 7) is 7.36. The summed E-state index contributed by atoms with van der Waals surface area (Å²) >= 11 is 0. The van der Waals surface area contributed by atoms with E-state index >= 15 is 0 Å². The fourth-order valence-electron chi connectivity index (χ4n) is 3.98. The Morgan fingerprint density at radius 2 is 2.24 bits per heavy atom. The monoisotopic (exact) mass is 288 g/mol. The molecule has 3 nitrogen and oxygen atoms in total. The molecule has 0 spiro atoms. The van der Waals surface area contributed by atoms with E-state index in [-0.39, 0.29) is 5.41 Å². The first-order chi connectivity index (χ1) is 10.2. The largest absolute Gasteiger partial charge is 0.381 e. The van der Waals surface area contributed by atoms with Crippen molar-refractivity contribution in [3.8, 4) is 0 Å². The zero-order valence-corrected chi connectivity index (χ0v) is 13.5. The van der Waals surface area contributed by atoms with Crippen LogP contribution in [0.3, 0.4) is 0 Å². The van der Waals surface area contributed by atoms with E-state index in [9.17, 15) is 0 Å². The van der Waals surface area contributed by atoms with Gasteiger partial charge in [-0.3, -0.25) is 0 Å². The number of benzene rings is 1. The van der Waals surface area contributed by atoms with Crippen LogP contribution in [0.2, 0.25) is 0 Å². The van der Waals surface area contributed by atoms with Crippen LogP contribution in [0.4, 0.5) is 5.69 Å². The van der Waals surface area contributed by atoms with Crippen molar-refractivity contribution in [3.05, 3.63) is 29.3 Å². The average Bonchev–Trinajstić information content (AvgIpc) is 2.48. The van der Waals surface area contributed by atoms with E-state index in [0.29, 0.717) is 0 Å². The molecule has 1 N–H and O–H groups in total. The second kappa shape index (κ2) is 6.37. The van der Waals surface area contributed by atoms with Crippen molar-refractivity contribution < 1.29 is 4.74 Å². The maximum Gasteiger partial charge on any atom is 0.0551 e. The second-order valence-corrected chi connectivity index (χ2v) is 6.84. The molecular weight excluding hydrogens is 260 g/mol. The van der Waals surface area contributed by atoms with Crippen LogP contribution in [0.25, 0.3) is 0 Å². The topological polar surface area (TPSA) is 24.5 Å². The van der Waals surface area contributed by atoms with Gasteiger partial charge in [0.25, 0.3) is 0 Å². The lowest BCUT2D eigenvalue weighted by Crippen LogP contribution is -2.49. The van der Waals surface area contributed by atoms with Crippen LogP contribution in [-0.4, -0.2) is 39.9 Å². The number of hydrogen-bond acceptors (Lipinski definition) is 3. The first-order valence-corrected chi connectivity index (χ1v) is 8.29. The molecule has 2 aliphatic rings. The minimum Gasteiger partial charge on any atom is -0.381 e. The van der Waals surface area contributed by atoms with E-state index in [1.165, 1.54) is 49.0 Å². The van der Waals surface area contributed by atoms with Crippen molar-refractivity contribution in [2.24, 2.45) is 5.41 Å². The molecule has 0 amide bonds. The van der Waals surface area contributed by atoms with Gasteiger partial charge in [-0.05, 0) is 51.3 Å². The van der Waals surface area contributed by atoms with Gasteiger partial charge >= 0.3 is 0 Å². The molecule has 1 aromatic carbocycles. The van der Waals surface area contributed by atoms with Gasteiger partial charge in [-0.25, -0.2) is 0 Å². The Hall–Kier alpha value is -1.06. The summed E-state index contributed by atoms with van der Waals surface area (Å²) in [6, 6.07) is 6.93. The Labute approximate surface area is 128 Å². The van der Waals surface area contributed by atoms with Gasteiger partial charge in [-0.1, -0.05) is 17.7 Å². The van der Waals surface area contributed by atoms with E-state index < -0.39 is 0 Å². The summed E-state index contributed by atoms with van der Waals surface area (Å²) in [5, 5.41) is 3.39. The standard InChI is InChI=1S/C18H28N2O/c1-15-6-7-17-16(11-15)5-3-9-20(17)13-18(12-19-2)8-4-10-21-14-18/h6-7,11,19H,3-5,8-10,12-14H2,1-2H3. The SMILES string of the molecule is CNCC1(CN2CCCc3cc(C)ccc32)CCCOC1. The molecule has 0 aliphatic carbocycles. The second-order valence-electron chi connectivity index (χ2n) is 6.84. The molecule has 0 bridgehead atoms. The van der Waals surface area contributed by atoms with Crippen molar-refractivity contribution in [1.29, 1.82) is 0 Å². The summed E-state index contributed by atoms with van der Waals surface area (Å²) in [4.78, 5) is 2.60. The Kier molecular flexibility index (Phi) is 4.51. The number of rotatable bonds is 4. The maximum absolute atomic E-state index is 5.82. The molecule has 3 rings (SSSR count). The molecule has 116 valence electrons. The molecule has 1 aromatic rings. The van der Waals surface area contributed by atoms with E-state index in [2.05, 4.69) is 42.4 Å². The van der Waals surface area contributed by atoms with Crippen molar-refractivity contribution in [2.45, 2.75) is 32.6 Å². The molecule has 3 heteroatoms. The van der Waals surface area contributed by atoms with Crippen LogP contribution in [0, 0.1) is 12.3 Å². The third-order valence-corrected chi connectivity index (χ3v) is 4.93. The van der Waals surface area contributed by atoms with Crippen molar-refractivity contribution >= 4 is 5.69 Å². The Balaban J connectivity index is 1.81. The third kappa shape index (κ3) is 3.24. The van der Waals surface area contributed by atoms with Crippen LogP contribution in [-0.2, 0) is 11.2 Å². The van der Waals surface area contributed by atoms with Crippen LogP contribution in [0.5, 0.6) is 0 Å². The van der Waals surface area contributed by atoms with Crippen molar-refractivity contribution in [3.63, 3.8) is 0 Å². The Morgan fingerprint density at radius 1 is 1.33 bits per heavy atom. The molecule has 0 aromatic heterocycles. The predicted octanol–water partition coefficient (Wildman–Crippen LogP) is 2.76. The maximum atomic E-state index is 5.82. The number of nitrogens with zero attached hydrogens (tertiary/aromatic N) is 1. The van der Waals surface area contributed by atoms with Gasteiger partial charge in [0.2, 0.25) is 0 Å². The molecule has 1 atom stereocenters. The summed E-state index contributed by atoms with van der Waals surface area (Å²) in [5.74, 6) is 0. The molecule has 21 heavy (non-hydrogen) atoms. The zero-order valence-electron chi connectivity index (χ0n) is 13.5. The van der Waals surface area contributed by atoms with E-state index in [0.717, 1.165) is 26.3 Å². The number of anilines is 1. The van der Waals surface area contributed by atoms with Crippen LogP contribution < -0.4 is 10.2 Å². The quantitative estimate of drug-likeness (QED) is 0.922. The highest BCUT2D eigenvalue weighted by molar-refractivity contribution is 5.57. The predicted molar refractivity (Wildman–Crippen MR) is 88.1 cm³/mol. The summed E-state index contributed by atoms with van der Waals surface area (Å²) in [5.41, 5.74) is 4.62.